The summed E-state index contributed by atoms with van der Waals surface area (Å²) >= 11 is 9.36. The van der Waals surface area contributed by atoms with Crippen molar-refractivity contribution in [3.63, 3.8) is 0 Å². The Labute approximate surface area is 376 Å². The van der Waals surface area contributed by atoms with Crippen LogP contribution in [0, 0.1) is 27.7 Å². The first-order chi connectivity index (χ1) is 29.3. The molecular formula is C54H42N2S5. The number of benzene rings is 4. The lowest BCUT2D eigenvalue weighted by atomic mass is 9.81. The predicted molar refractivity (Wildman–Crippen MR) is 268 cm³/mol. The molecule has 7 heteroatoms. The van der Waals surface area contributed by atoms with Crippen LogP contribution in [-0.2, 0) is 10.8 Å². The normalized spacial score (nSPS) is 14.5. The van der Waals surface area contributed by atoms with Crippen LogP contribution in [0.3, 0.4) is 0 Å². The van der Waals surface area contributed by atoms with Gasteiger partial charge in [0.1, 0.15) is 11.0 Å². The minimum absolute atomic E-state index is 0.00621. The lowest BCUT2D eigenvalue weighted by molar-refractivity contribution is 0.660. The zero-order valence-electron chi connectivity index (χ0n) is 35.3. The SMILES string of the molecule is Cc1ccc2c(c1)C(C)(C)c1cc(-c3cc4sc(-c5ccc6c(c5)C(C)(C)c5cc(-c7ccc(-c8sc(-c9ccc(C)s9)c9nc(C)c(C)nc89)s7)ccc5-6)cc4s3)ccc1-2. The van der Waals surface area contributed by atoms with Gasteiger partial charge in [0.05, 0.1) is 21.1 Å². The summed E-state index contributed by atoms with van der Waals surface area (Å²) in [5.41, 5.74) is 20.2. The molecule has 0 amide bonds. The molecule has 0 N–H and O–H groups in total. The van der Waals surface area contributed by atoms with Gasteiger partial charge in [-0.2, -0.15) is 0 Å². The molecule has 298 valence electrons. The summed E-state index contributed by atoms with van der Waals surface area (Å²) in [5.74, 6) is 0. The zero-order valence-corrected chi connectivity index (χ0v) is 39.4. The third-order valence-corrected chi connectivity index (χ3v) is 19.4. The Hall–Kier alpha value is -5.02. The van der Waals surface area contributed by atoms with Crippen molar-refractivity contribution in [2.75, 3.05) is 0 Å². The molecule has 0 bridgehead atoms. The molecule has 12 rings (SSSR count). The monoisotopic (exact) mass is 878 g/mol. The lowest BCUT2D eigenvalue weighted by Crippen LogP contribution is -2.15. The van der Waals surface area contributed by atoms with Gasteiger partial charge in [0.25, 0.3) is 0 Å². The van der Waals surface area contributed by atoms with Crippen molar-refractivity contribution in [1.29, 1.82) is 0 Å². The van der Waals surface area contributed by atoms with Gasteiger partial charge >= 0.3 is 0 Å². The van der Waals surface area contributed by atoms with Crippen molar-refractivity contribution in [1.82, 2.24) is 9.97 Å². The van der Waals surface area contributed by atoms with Crippen LogP contribution in [-0.4, -0.2) is 9.97 Å². The quantitative estimate of drug-likeness (QED) is 0.172. The van der Waals surface area contributed by atoms with E-state index in [-0.39, 0.29) is 10.8 Å². The lowest BCUT2D eigenvalue weighted by Gasteiger charge is -2.22. The standard InChI is InChI=1S/C54H42N2S5/c1-27-9-14-34-35-16-12-32(23-40(35)53(5,6)38(34)21-27)45-25-47-48(59-45)26-46(60-47)33-13-17-37-36-15-11-31(22-39(36)54(7,8)41(37)24-33)42-19-20-44(58-42)52-50-49(55-29(3)30(4)56-50)51(61-52)43-18-10-28(2)57-43/h9-26H,1-8H3. The molecule has 2 aliphatic rings. The first kappa shape index (κ1) is 37.7. The van der Waals surface area contributed by atoms with Gasteiger partial charge in [-0.15, -0.1) is 56.7 Å². The first-order valence-electron chi connectivity index (χ1n) is 20.9. The number of rotatable bonds is 5. The van der Waals surface area contributed by atoms with E-state index in [2.05, 4.69) is 165 Å². The van der Waals surface area contributed by atoms with E-state index in [1.165, 1.54) is 115 Å². The molecule has 0 atom stereocenters. The summed E-state index contributed by atoms with van der Waals surface area (Å²) in [6, 6.07) is 42.2. The van der Waals surface area contributed by atoms with Gasteiger partial charge in [-0.25, -0.2) is 9.97 Å². The zero-order chi connectivity index (χ0) is 41.7. The summed E-state index contributed by atoms with van der Waals surface area (Å²) in [6.07, 6.45) is 0. The highest BCUT2D eigenvalue weighted by molar-refractivity contribution is 7.31. The number of thiophene rings is 5. The average Bonchev–Trinajstić information content (AvgIpc) is 4.12. The van der Waals surface area contributed by atoms with Crippen LogP contribution in [0.4, 0.5) is 0 Å². The maximum atomic E-state index is 5.11. The van der Waals surface area contributed by atoms with Crippen molar-refractivity contribution in [2.24, 2.45) is 0 Å². The predicted octanol–water partition coefficient (Wildman–Crippen LogP) is 17.3. The summed E-state index contributed by atoms with van der Waals surface area (Å²) in [4.78, 5) is 20.4. The van der Waals surface area contributed by atoms with E-state index < -0.39 is 0 Å². The molecule has 61 heavy (non-hydrogen) atoms. The van der Waals surface area contributed by atoms with E-state index in [9.17, 15) is 0 Å². The van der Waals surface area contributed by atoms with Crippen molar-refractivity contribution in [2.45, 2.75) is 66.2 Å². The number of hydrogen-bond donors (Lipinski definition) is 0. The maximum absolute atomic E-state index is 5.11. The summed E-state index contributed by atoms with van der Waals surface area (Å²) in [6.45, 7) is 18.1. The fourth-order valence-electron chi connectivity index (χ4n) is 9.79. The Morgan fingerprint density at radius 3 is 1.30 bits per heavy atom. The second-order valence-corrected chi connectivity index (χ2v) is 23.5. The van der Waals surface area contributed by atoms with Gasteiger partial charge in [-0.05, 0) is 143 Å². The Kier molecular flexibility index (Phi) is 8.19. The third kappa shape index (κ3) is 5.67. The van der Waals surface area contributed by atoms with Gasteiger partial charge in [0.2, 0.25) is 0 Å². The molecule has 0 fully saturated rings. The second kappa shape index (κ2) is 13.2. The Morgan fingerprint density at radius 1 is 0.377 bits per heavy atom. The van der Waals surface area contributed by atoms with E-state index >= 15 is 0 Å². The Morgan fingerprint density at radius 2 is 0.803 bits per heavy atom. The number of aryl methyl sites for hydroxylation is 4. The van der Waals surface area contributed by atoms with Crippen molar-refractivity contribution < 1.29 is 0 Å². The van der Waals surface area contributed by atoms with E-state index in [1.54, 1.807) is 0 Å². The van der Waals surface area contributed by atoms with Crippen LogP contribution < -0.4 is 0 Å². The van der Waals surface area contributed by atoms with Gasteiger partial charge in [0.15, 0.2) is 0 Å². The van der Waals surface area contributed by atoms with Crippen molar-refractivity contribution in [3.05, 3.63) is 153 Å². The highest BCUT2D eigenvalue weighted by Gasteiger charge is 2.37. The molecular weight excluding hydrogens is 837 g/mol. The molecule has 0 aliphatic heterocycles. The Balaban J connectivity index is 0.840. The smallest absolute Gasteiger partial charge is 0.109 e. The van der Waals surface area contributed by atoms with Crippen molar-refractivity contribution >= 4 is 77.1 Å². The van der Waals surface area contributed by atoms with Gasteiger partial charge in [-0.3, -0.25) is 0 Å². The van der Waals surface area contributed by atoms with Gasteiger partial charge < -0.3 is 0 Å². The number of fused-ring (bicyclic) bond motifs is 8. The molecule has 6 heterocycles. The van der Waals surface area contributed by atoms with Crippen LogP contribution in [0.1, 0.15) is 71.8 Å². The summed E-state index contributed by atoms with van der Waals surface area (Å²) in [7, 11) is 0. The van der Waals surface area contributed by atoms with E-state index in [1.807, 2.05) is 56.7 Å². The van der Waals surface area contributed by atoms with Gasteiger partial charge in [0, 0.05) is 49.5 Å². The fraction of sp³-hybridized carbons (Fsp3) is 0.185. The second-order valence-electron chi connectivity index (χ2n) is 18.0. The van der Waals surface area contributed by atoms with E-state index in [0.29, 0.717) is 0 Å². The van der Waals surface area contributed by atoms with Crippen LogP contribution >= 0.6 is 56.7 Å². The maximum Gasteiger partial charge on any atom is 0.109 e. The van der Waals surface area contributed by atoms with Gasteiger partial charge in [-0.1, -0.05) is 87.9 Å². The minimum Gasteiger partial charge on any atom is -0.248 e. The van der Waals surface area contributed by atoms with Crippen LogP contribution in [0.2, 0.25) is 0 Å². The fourth-order valence-corrected chi connectivity index (χ4v) is 15.5. The average molecular weight is 879 g/mol. The highest BCUT2D eigenvalue weighted by Crippen LogP contribution is 2.54. The molecule has 10 aromatic rings. The molecule has 2 aliphatic carbocycles. The van der Waals surface area contributed by atoms with Crippen molar-refractivity contribution in [3.8, 4) is 73.1 Å². The topological polar surface area (TPSA) is 25.8 Å². The number of aromatic nitrogens is 2. The van der Waals surface area contributed by atoms with Crippen LogP contribution in [0.5, 0.6) is 0 Å². The summed E-state index contributed by atoms with van der Waals surface area (Å²) in [5, 5.41) is 0. The first-order valence-corrected chi connectivity index (χ1v) is 24.9. The molecule has 0 saturated carbocycles. The minimum atomic E-state index is -0.124. The molecule has 0 unspecified atom stereocenters. The van der Waals surface area contributed by atoms with E-state index in [0.717, 1.165) is 22.4 Å². The number of nitrogens with zero attached hydrogens (tertiary/aromatic N) is 2. The molecule has 0 spiro atoms. The largest absolute Gasteiger partial charge is 0.248 e. The number of hydrogen-bond acceptors (Lipinski definition) is 7. The Bertz CT molecular complexity index is 3450. The molecule has 0 radical (unpaired) electrons. The molecule has 6 aromatic heterocycles. The molecule has 2 nitrogen and oxygen atoms in total. The highest BCUT2D eigenvalue weighted by atomic mass is 32.1. The summed E-state index contributed by atoms with van der Waals surface area (Å²) < 4.78 is 2.73. The third-order valence-electron chi connectivity index (χ3n) is 13.3. The molecule has 0 saturated heterocycles. The van der Waals surface area contributed by atoms with Crippen LogP contribution in [0.15, 0.2) is 109 Å². The van der Waals surface area contributed by atoms with Crippen LogP contribution in [0.25, 0.3) is 93.5 Å². The van der Waals surface area contributed by atoms with E-state index in [4.69, 9.17) is 9.97 Å². The molecule has 4 aromatic carbocycles.